The van der Waals surface area contributed by atoms with Gasteiger partial charge < -0.3 is 9.64 Å². The van der Waals surface area contributed by atoms with Crippen molar-refractivity contribution < 1.29 is 22.7 Å². The molecule has 0 bridgehead atoms. The number of likely N-dealkylation sites (tertiary alicyclic amines) is 1. The van der Waals surface area contributed by atoms with Crippen LogP contribution in [0.1, 0.15) is 66.1 Å². The fraction of sp³-hybridized carbons (Fsp3) is 0.520. The van der Waals surface area contributed by atoms with Gasteiger partial charge in [-0.1, -0.05) is 18.2 Å². The van der Waals surface area contributed by atoms with Crippen molar-refractivity contribution in [1.29, 1.82) is 0 Å². The molecule has 1 unspecified atom stereocenters. The molecule has 0 radical (unpaired) electrons. The van der Waals surface area contributed by atoms with Crippen LogP contribution in [0.25, 0.3) is 0 Å². The van der Waals surface area contributed by atoms with Gasteiger partial charge in [-0.15, -0.1) is 0 Å². The van der Waals surface area contributed by atoms with Crippen LogP contribution >= 0.6 is 0 Å². The summed E-state index contributed by atoms with van der Waals surface area (Å²) in [6.45, 7) is 4.07. The number of carbonyl (C=O) groups is 1. The number of rotatable bonds is 5. The van der Waals surface area contributed by atoms with Gasteiger partial charge in [-0.05, 0) is 68.4 Å². The van der Waals surface area contributed by atoms with Crippen molar-refractivity contribution in [3.05, 3.63) is 64.5 Å². The quantitative estimate of drug-likeness (QED) is 0.628. The minimum Gasteiger partial charge on any atom is -0.378 e. The van der Waals surface area contributed by atoms with Gasteiger partial charge in [0.2, 0.25) is 5.91 Å². The fourth-order valence-corrected chi connectivity index (χ4v) is 4.73. The Bertz CT molecular complexity index is 946. The first kappa shape index (κ1) is 22.8. The molecule has 0 aliphatic carbocycles. The molecule has 2 aliphatic rings. The summed E-state index contributed by atoms with van der Waals surface area (Å²) in [6.07, 6.45) is 0.300. The summed E-state index contributed by atoms with van der Waals surface area (Å²) in [6, 6.07) is 9.44. The predicted octanol–water partition coefficient (Wildman–Crippen LogP) is 5.27. The molecule has 2 fully saturated rings. The third-order valence-corrected chi connectivity index (χ3v) is 6.39. The summed E-state index contributed by atoms with van der Waals surface area (Å²) < 4.78 is 44.7. The van der Waals surface area contributed by atoms with Crippen LogP contribution in [0.3, 0.4) is 0 Å². The molecular formula is C25H29F3N2O2. The number of nitrogens with zero attached hydrogens (tertiary/aromatic N) is 2. The monoisotopic (exact) mass is 446 g/mol. The molecule has 2 aromatic rings. The maximum Gasteiger partial charge on any atom is 0.416 e. The molecule has 4 rings (SSSR count). The van der Waals surface area contributed by atoms with Crippen LogP contribution in [-0.4, -0.2) is 41.6 Å². The van der Waals surface area contributed by atoms with E-state index in [9.17, 15) is 18.0 Å². The van der Waals surface area contributed by atoms with Gasteiger partial charge in [0.15, 0.2) is 0 Å². The van der Waals surface area contributed by atoms with Gasteiger partial charge in [0.1, 0.15) is 0 Å². The smallest absolute Gasteiger partial charge is 0.378 e. The number of hydrogen-bond donors (Lipinski definition) is 0. The topological polar surface area (TPSA) is 42.4 Å². The second-order valence-electron chi connectivity index (χ2n) is 8.91. The highest BCUT2D eigenvalue weighted by Gasteiger charge is 2.30. The van der Waals surface area contributed by atoms with Crippen molar-refractivity contribution in [2.45, 2.75) is 63.6 Å². The lowest BCUT2D eigenvalue weighted by Gasteiger charge is -2.32. The van der Waals surface area contributed by atoms with E-state index in [4.69, 9.17) is 9.72 Å². The number of amides is 1. The molecule has 2 saturated heterocycles. The molecule has 7 heteroatoms. The number of pyridine rings is 1. The van der Waals surface area contributed by atoms with E-state index in [-0.39, 0.29) is 17.9 Å². The van der Waals surface area contributed by atoms with Gasteiger partial charge in [0.25, 0.3) is 0 Å². The zero-order valence-electron chi connectivity index (χ0n) is 18.3. The summed E-state index contributed by atoms with van der Waals surface area (Å²) >= 11 is 0. The Labute approximate surface area is 186 Å². The van der Waals surface area contributed by atoms with Crippen molar-refractivity contribution in [3.8, 4) is 0 Å². The Morgan fingerprint density at radius 1 is 1.12 bits per heavy atom. The summed E-state index contributed by atoms with van der Waals surface area (Å²) in [5.41, 5.74) is 2.80. The summed E-state index contributed by atoms with van der Waals surface area (Å²) in [4.78, 5) is 19.2. The van der Waals surface area contributed by atoms with E-state index in [0.717, 1.165) is 55.3 Å². The number of piperidine rings is 1. The van der Waals surface area contributed by atoms with Crippen molar-refractivity contribution in [3.63, 3.8) is 0 Å². The maximum absolute atomic E-state index is 13.0. The predicted molar refractivity (Wildman–Crippen MR) is 115 cm³/mol. The van der Waals surface area contributed by atoms with Gasteiger partial charge in [-0.3, -0.25) is 9.78 Å². The minimum atomic E-state index is -4.34. The van der Waals surface area contributed by atoms with Crippen molar-refractivity contribution in [2.24, 2.45) is 0 Å². The summed E-state index contributed by atoms with van der Waals surface area (Å²) in [5, 5.41) is 0. The number of halogens is 3. The van der Waals surface area contributed by atoms with Gasteiger partial charge in [0.05, 0.1) is 18.1 Å². The van der Waals surface area contributed by atoms with E-state index in [1.807, 2.05) is 24.0 Å². The van der Waals surface area contributed by atoms with Crippen LogP contribution in [0, 0.1) is 6.92 Å². The highest BCUT2D eigenvalue weighted by atomic mass is 19.4. The van der Waals surface area contributed by atoms with Crippen LogP contribution in [0.15, 0.2) is 36.4 Å². The second-order valence-corrected chi connectivity index (χ2v) is 8.91. The number of aromatic nitrogens is 1. The molecule has 172 valence electrons. The molecule has 1 aromatic heterocycles. The van der Waals surface area contributed by atoms with E-state index in [1.165, 1.54) is 12.1 Å². The number of hydrogen-bond acceptors (Lipinski definition) is 3. The Morgan fingerprint density at radius 3 is 2.59 bits per heavy atom. The number of carbonyl (C=O) groups excluding carboxylic acids is 1. The zero-order valence-corrected chi connectivity index (χ0v) is 18.3. The number of alkyl halides is 3. The van der Waals surface area contributed by atoms with Crippen LogP contribution in [0.4, 0.5) is 13.2 Å². The third kappa shape index (κ3) is 5.68. The van der Waals surface area contributed by atoms with Crippen LogP contribution in [-0.2, 0) is 22.1 Å². The Morgan fingerprint density at radius 2 is 1.91 bits per heavy atom. The van der Waals surface area contributed by atoms with Gasteiger partial charge in [0, 0.05) is 37.0 Å². The molecule has 0 saturated carbocycles. The standard InChI is InChI=1S/C25H29F3N2O2/c1-17-12-19(13-18-4-2-5-21(14-18)25(26,27)28)15-23(29-17)20-7-9-30(10-8-20)24(31)16-22-6-3-11-32-22/h2,4-5,12,14-15,20,22H,3,6-11,13,16H2,1H3. The average Bonchev–Trinajstić information content (AvgIpc) is 3.26. The third-order valence-electron chi connectivity index (χ3n) is 6.39. The Hall–Kier alpha value is -2.41. The van der Waals surface area contributed by atoms with E-state index in [1.54, 1.807) is 6.07 Å². The SMILES string of the molecule is Cc1cc(Cc2cccc(C(F)(F)F)c2)cc(C2CCN(C(=O)CC3CCCO3)CC2)n1. The van der Waals surface area contributed by atoms with Crippen LogP contribution in [0.5, 0.6) is 0 Å². The lowest BCUT2D eigenvalue weighted by molar-refractivity contribution is -0.137. The van der Waals surface area contributed by atoms with E-state index in [2.05, 4.69) is 0 Å². The fourth-order valence-electron chi connectivity index (χ4n) is 4.73. The van der Waals surface area contributed by atoms with E-state index in [0.29, 0.717) is 31.5 Å². The highest BCUT2D eigenvalue weighted by molar-refractivity contribution is 5.76. The molecule has 1 atom stereocenters. The van der Waals surface area contributed by atoms with Crippen LogP contribution < -0.4 is 0 Å². The lowest BCUT2D eigenvalue weighted by Crippen LogP contribution is -2.39. The molecule has 1 amide bonds. The molecule has 0 N–H and O–H groups in total. The number of ether oxygens (including phenoxy) is 1. The maximum atomic E-state index is 13.0. The molecule has 3 heterocycles. The van der Waals surface area contributed by atoms with Gasteiger partial charge in [-0.2, -0.15) is 13.2 Å². The summed E-state index contributed by atoms with van der Waals surface area (Å²) in [5.74, 6) is 0.416. The molecule has 2 aliphatic heterocycles. The molecule has 1 aromatic carbocycles. The van der Waals surface area contributed by atoms with Crippen LogP contribution in [0.2, 0.25) is 0 Å². The Kier molecular flexibility index (Phi) is 6.84. The highest BCUT2D eigenvalue weighted by Crippen LogP contribution is 2.31. The van der Waals surface area contributed by atoms with Crippen molar-refractivity contribution in [2.75, 3.05) is 19.7 Å². The van der Waals surface area contributed by atoms with Crippen molar-refractivity contribution >= 4 is 5.91 Å². The first-order valence-electron chi connectivity index (χ1n) is 11.3. The molecule has 0 spiro atoms. The molecule has 32 heavy (non-hydrogen) atoms. The minimum absolute atomic E-state index is 0.0667. The van der Waals surface area contributed by atoms with Crippen molar-refractivity contribution in [1.82, 2.24) is 9.88 Å². The number of aryl methyl sites for hydroxylation is 1. The zero-order chi connectivity index (χ0) is 22.7. The summed E-state index contributed by atoms with van der Waals surface area (Å²) in [7, 11) is 0. The number of benzene rings is 1. The normalized spacial score (nSPS) is 20.0. The molecule has 4 nitrogen and oxygen atoms in total. The second kappa shape index (κ2) is 9.61. The first-order chi connectivity index (χ1) is 15.3. The molecular weight excluding hydrogens is 417 g/mol. The van der Waals surface area contributed by atoms with E-state index < -0.39 is 11.7 Å². The Balaban J connectivity index is 1.39. The first-order valence-corrected chi connectivity index (χ1v) is 11.3. The van der Waals surface area contributed by atoms with E-state index >= 15 is 0 Å². The van der Waals surface area contributed by atoms with Gasteiger partial charge >= 0.3 is 6.18 Å². The van der Waals surface area contributed by atoms with Gasteiger partial charge in [-0.25, -0.2) is 0 Å². The average molecular weight is 447 g/mol. The largest absolute Gasteiger partial charge is 0.416 e. The lowest BCUT2D eigenvalue weighted by atomic mass is 9.91.